The summed E-state index contributed by atoms with van der Waals surface area (Å²) < 4.78 is 16.3. The fourth-order valence-electron chi connectivity index (χ4n) is 2.71. The Hall–Kier alpha value is -2.23. The Labute approximate surface area is 190 Å². The Bertz CT molecular complexity index is 782. The molecule has 0 atom stereocenters. The van der Waals surface area contributed by atoms with E-state index in [1.807, 2.05) is 62.3 Å². The molecule has 0 saturated heterocycles. The molecule has 0 aliphatic heterocycles. The highest BCUT2D eigenvalue weighted by Gasteiger charge is 2.11. The van der Waals surface area contributed by atoms with Crippen LogP contribution in [0.3, 0.4) is 0 Å². The molecule has 29 heavy (non-hydrogen) atoms. The number of ether oxygens (including phenoxy) is 3. The zero-order chi connectivity index (χ0) is 20.5. The van der Waals surface area contributed by atoms with Crippen LogP contribution in [-0.2, 0) is 13.1 Å². The van der Waals surface area contributed by atoms with E-state index in [0.29, 0.717) is 19.0 Å². The highest BCUT2D eigenvalue weighted by Crippen LogP contribution is 2.25. The van der Waals surface area contributed by atoms with Gasteiger partial charge >= 0.3 is 0 Å². The average Bonchev–Trinajstić information content (AvgIpc) is 2.69. The van der Waals surface area contributed by atoms with Crippen molar-refractivity contribution in [2.75, 3.05) is 28.3 Å². The molecule has 2 rings (SSSR count). The van der Waals surface area contributed by atoms with E-state index in [0.717, 1.165) is 28.6 Å². The van der Waals surface area contributed by atoms with E-state index >= 15 is 0 Å². The smallest absolute Gasteiger partial charge is 0.213 e. The molecule has 0 unspecified atom stereocenters. The summed E-state index contributed by atoms with van der Waals surface area (Å²) in [5.74, 6) is 2.96. The molecule has 0 spiro atoms. The molecule has 7 nitrogen and oxygen atoms in total. The molecule has 1 heterocycles. The monoisotopic (exact) mass is 514 g/mol. The Morgan fingerprint density at radius 2 is 1.93 bits per heavy atom. The van der Waals surface area contributed by atoms with Crippen molar-refractivity contribution in [3.63, 3.8) is 0 Å². The van der Waals surface area contributed by atoms with Gasteiger partial charge in [-0.3, -0.25) is 4.99 Å². The molecule has 0 radical (unpaired) electrons. The highest BCUT2D eigenvalue weighted by atomic mass is 127. The first-order valence-corrected chi connectivity index (χ1v) is 9.21. The minimum absolute atomic E-state index is 0. The van der Waals surface area contributed by atoms with Crippen molar-refractivity contribution in [1.29, 1.82) is 0 Å². The van der Waals surface area contributed by atoms with E-state index in [9.17, 15) is 0 Å². The van der Waals surface area contributed by atoms with Crippen molar-refractivity contribution in [1.82, 2.24) is 15.2 Å². The number of pyridine rings is 1. The summed E-state index contributed by atoms with van der Waals surface area (Å²) in [4.78, 5) is 10.7. The van der Waals surface area contributed by atoms with E-state index in [1.165, 1.54) is 0 Å². The molecule has 0 fully saturated rings. The first kappa shape index (κ1) is 24.8. The van der Waals surface area contributed by atoms with Gasteiger partial charge in [-0.25, -0.2) is 4.98 Å². The van der Waals surface area contributed by atoms with E-state index in [-0.39, 0.29) is 30.1 Å². The number of hydrogen-bond donors (Lipinski definition) is 1. The number of guanidine groups is 1. The van der Waals surface area contributed by atoms with E-state index in [4.69, 9.17) is 14.2 Å². The number of nitrogens with one attached hydrogen (secondary N) is 1. The number of rotatable bonds is 8. The van der Waals surface area contributed by atoms with Gasteiger partial charge in [0.1, 0.15) is 11.5 Å². The zero-order valence-electron chi connectivity index (χ0n) is 17.9. The third-order valence-corrected chi connectivity index (χ3v) is 4.08. The third kappa shape index (κ3) is 7.60. The van der Waals surface area contributed by atoms with Crippen LogP contribution in [0.1, 0.15) is 25.0 Å². The maximum absolute atomic E-state index is 5.57. The van der Waals surface area contributed by atoms with Gasteiger partial charge in [-0.05, 0) is 31.5 Å². The molecule has 0 amide bonds. The lowest BCUT2D eigenvalue weighted by atomic mass is 10.2. The Morgan fingerprint density at radius 3 is 2.48 bits per heavy atom. The van der Waals surface area contributed by atoms with Crippen LogP contribution in [0.2, 0.25) is 0 Å². The van der Waals surface area contributed by atoms with Crippen LogP contribution >= 0.6 is 24.0 Å². The number of halogens is 1. The SMILES string of the molecule is CN=C(NCc1ccc(OC(C)C)nc1)N(C)Cc1ccc(OC)cc1OC.I. The highest BCUT2D eigenvalue weighted by molar-refractivity contribution is 14.0. The fourth-order valence-corrected chi connectivity index (χ4v) is 2.71. The van der Waals surface area contributed by atoms with Gasteiger partial charge in [0.05, 0.1) is 20.3 Å². The topological polar surface area (TPSA) is 68.2 Å². The van der Waals surface area contributed by atoms with Crippen LogP contribution in [0.4, 0.5) is 0 Å². The fraction of sp³-hybridized carbons (Fsp3) is 0.429. The van der Waals surface area contributed by atoms with E-state index < -0.39 is 0 Å². The number of aliphatic imine (C=N–C) groups is 1. The number of nitrogens with zero attached hydrogens (tertiary/aromatic N) is 3. The maximum Gasteiger partial charge on any atom is 0.213 e. The van der Waals surface area contributed by atoms with Gasteiger partial charge in [0.15, 0.2) is 5.96 Å². The molecule has 0 bridgehead atoms. The molecule has 0 saturated carbocycles. The lowest BCUT2D eigenvalue weighted by Gasteiger charge is -2.23. The Kier molecular flexibility index (Phi) is 10.6. The van der Waals surface area contributed by atoms with Gasteiger partial charge in [-0.1, -0.05) is 6.07 Å². The van der Waals surface area contributed by atoms with Crippen molar-refractivity contribution in [2.45, 2.75) is 33.0 Å². The molecule has 0 aliphatic carbocycles. The van der Waals surface area contributed by atoms with E-state index in [1.54, 1.807) is 21.3 Å². The van der Waals surface area contributed by atoms with Gasteiger partial charge < -0.3 is 24.4 Å². The second-order valence-corrected chi connectivity index (χ2v) is 6.61. The quantitative estimate of drug-likeness (QED) is 0.329. The second-order valence-electron chi connectivity index (χ2n) is 6.61. The first-order valence-electron chi connectivity index (χ1n) is 9.21. The Balaban J connectivity index is 0.00000420. The lowest BCUT2D eigenvalue weighted by molar-refractivity contribution is 0.232. The average molecular weight is 514 g/mol. The third-order valence-electron chi connectivity index (χ3n) is 4.08. The van der Waals surface area contributed by atoms with Gasteiger partial charge in [0, 0.05) is 51.1 Å². The summed E-state index contributed by atoms with van der Waals surface area (Å²) in [6.45, 7) is 5.22. The zero-order valence-corrected chi connectivity index (χ0v) is 20.3. The number of benzene rings is 1. The summed E-state index contributed by atoms with van der Waals surface area (Å²) in [5.41, 5.74) is 2.10. The minimum atomic E-state index is 0. The van der Waals surface area contributed by atoms with E-state index in [2.05, 4.69) is 15.3 Å². The van der Waals surface area contributed by atoms with Crippen LogP contribution in [0.25, 0.3) is 0 Å². The summed E-state index contributed by atoms with van der Waals surface area (Å²) in [7, 11) is 7.05. The largest absolute Gasteiger partial charge is 0.497 e. The molecule has 160 valence electrons. The van der Waals surface area contributed by atoms with Crippen LogP contribution in [-0.4, -0.2) is 50.3 Å². The molecular formula is C21H31IN4O3. The lowest BCUT2D eigenvalue weighted by Crippen LogP contribution is -2.38. The Morgan fingerprint density at radius 1 is 1.17 bits per heavy atom. The molecule has 1 aromatic heterocycles. The van der Waals surface area contributed by atoms with Gasteiger partial charge in [0.25, 0.3) is 0 Å². The van der Waals surface area contributed by atoms with Crippen molar-refractivity contribution in [2.24, 2.45) is 4.99 Å². The molecule has 8 heteroatoms. The number of aromatic nitrogens is 1. The van der Waals surface area contributed by atoms with Crippen molar-refractivity contribution >= 4 is 29.9 Å². The minimum Gasteiger partial charge on any atom is -0.497 e. The number of hydrogen-bond acceptors (Lipinski definition) is 5. The van der Waals surface area contributed by atoms with Crippen LogP contribution < -0.4 is 19.5 Å². The van der Waals surface area contributed by atoms with Crippen molar-refractivity contribution < 1.29 is 14.2 Å². The molecular weight excluding hydrogens is 483 g/mol. The molecule has 1 N–H and O–H groups in total. The summed E-state index contributed by atoms with van der Waals surface area (Å²) >= 11 is 0. The summed E-state index contributed by atoms with van der Waals surface area (Å²) in [6, 6.07) is 9.68. The second kappa shape index (κ2) is 12.4. The predicted octanol–water partition coefficient (Wildman–Crippen LogP) is 3.71. The van der Waals surface area contributed by atoms with Crippen LogP contribution in [0, 0.1) is 0 Å². The van der Waals surface area contributed by atoms with Crippen LogP contribution in [0.15, 0.2) is 41.5 Å². The van der Waals surface area contributed by atoms with Gasteiger partial charge in [-0.2, -0.15) is 0 Å². The molecule has 1 aromatic carbocycles. The number of methoxy groups -OCH3 is 2. The summed E-state index contributed by atoms with van der Waals surface area (Å²) in [6.07, 6.45) is 1.92. The standard InChI is InChI=1S/C21H30N4O3.HI/c1-15(2)28-20-10-7-16(12-23-20)13-24-21(22-3)25(4)14-17-8-9-18(26-5)11-19(17)27-6;/h7-12,15H,13-14H2,1-6H3,(H,22,24);1H. The summed E-state index contributed by atoms with van der Waals surface area (Å²) in [5, 5.41) is 3.36. The first-order chi connectivity index (χ1) is 13.5. The van der Waals surface area contributed by atoms with Crippen molar-refractivity contribution in [3.05, 3.63) is 47.7 Å². The molecule has 2 aromatic rings. The van der Waals surface area contributed by atoms with Gasteiger partial charge in [0.2, 0.25) is 5.88 Å². The normalized spacial score (nSPS) is 10.9. The predicted molar refractivity (Wildman–Crippen MR) is 127 cm³/mol. The maximum atomic E-state index is 5.57. The van der Waals surface area contributed by atoms with Crippen LogP contribution in [0.5, 0.6) is 17.4 Å². The van der Waals surface area contributed by atoms with Crippen molar-refractivity contribution in [3.8, 4) is 17.4 Å². The molecule has 0 aliphatic rings. The van der Waals surface area contributed by atoms with Gasteiger partial charge in [-0.15, -0.1) is 24.0 Å².